The van der Waals surface area contributed by atoms with Gasteiger partial charge in [0.15, 0.2) is 5.70 Å². The van der Waals surface area contributed by atoms with Gasteiger partial charge in [-0.05, 0) is 53.5 Å². The van der Waals surface area contributed by atoms with Crippen molar-refractivity contribution in [2.75, 3.05) is 6.61 Å². The molecule has 1 aliphatic heterocycles. The summed E-state index contributed by atoms with van der Waals surface area (Å²) in [5.74, 6) is 0.729. The van der Waals surface area contributed by atoms with Crippen LogP contribution in [-0.2, 0) is 9.53 Å². The minimum atomic E-state index is -0.439. The largest absolute Gasteiger partial charge is 0.494 e. The smallest absolute Gasteiger partial charge is 0.363 e. The number of carbonyl (C=O) groups excluding carboxylic acids is 1. The number of hydrogen-bond donors (Lipinski definition) is 0. The molecule has 0 spiro atoms. The van der Waals surface area contributed by atoms with Crippen molar-refractivity contribution in [1.29, 1.82) is 0 Å². The summed E-state index contributed by atoms with van der Waals surface area (Å²) in [6.45, 7) is 2.96. The van der Waals surface area contributed by atoms with E-state index >= 15 is 0 Å². The third kappa shape index (κ3) is 6.44. The molecule has 1 aliphatic rings. The fourth-order valence-electron chi connectivity index (χ4n) is 3.86. The number of esters is 1. The van der Waals surface area contributed by atoms with Crippen LogP contribution in [0.2, 0.25) is 0 Å². The van der Waals surface area contributed by atoms with Crippen molar-refractivity contribution in [3.63, 3.8) is 0 Å². The van der Waals surface area contributed by atoms with Gasteiger partial charge in [-0.1, -0.05) is 93.6 Å². The summed E-state index contributed by atoms with van der Waals surface area (Å²) in [4.78, 5) is 16.8. The summed E-state index contributed by atoms with van der Waals surface area (Å²) in [6, 6.07) is 25.7. The van der Waals surface area contributed by atoms with Crippen molar-refractivity contribution in [3.05, 3.63) is 95.7 Å². The molecule has 1 heterocycles. The molecule has 0 radical (unpaired) electrons. The average molecular weight is 454 g/mol. The Bertz CT molecular complexity index is 1130. The molecule has 0 unspecified atom stereocenters. The first-order valence-electron chi connectivity index (χ1n) is 12.1. The summed E-state index contributed by atoms with van der Waals surface area (Å²) < 4.78 is 11.3. The monoisotopic (exact) mass is 453 g/mol. The Morgan fingerprint density at radius 2 is 1.41 bits per heavy atom. The van der Waals surface area contributed by atoms with E-state index < -0.39 is 5.97 Å². The van der Waals surface area contributed by atoms with Gasteiger partial charge >= 0.3 is 5.97 Å². The fraction of sp³-hybridized carbons (Fsp3) is 0.267. The van der Waals surface area contributed by atoms with Crippen LogP contribution in [0.3, 0.4) is 0 Å². The Morgan fingerprint density at radius 1 is 0.765 bits per heavy atom. The van der Waals surface area contributed by atoms with E-state index in [0.29, 0.717) is 11.6 Å². The molecule has 174 valence electrons. The summed E-state index contributed by atoms with van der Waals surface area (Å²) in [6.07, 6.45) is 9.20. The van der Waals surface area contributed by atoms with Gasteiger partial charge in [0.1, 0.15) is 5.75 Å². The number of benzene rings is 3. The molecular formula is C30H31NO3. The molecule has 3 aromatic rings. The van der Waals surface area contributed by atoms with Crippen molar-refractivity contribution in [2.24, 2.45) is 4.99 Å². The molecule has 0 atom stereocenters. The maximum absolute atomic E-state index is 12.4. The van der Waals surface area contributed by atoms with E-state index in [9.17, 15) is 4.79 Å². The molecule has 4 nitrogen and oxygen atoms in total. The van der Waals surface area contributed by atoms with Gasteiger partial charge in [0.05, 0.1) is 6.61 Å². The highest BCUT2D eigenvalue weighted by molar-refractivity contribution is 6.12. The van der Waals surface area contributed by atoms with Gasteiger partial charge in [-0.3, -0.25) is 0 Å². The normalized spacial score (nSPS) is 14.2. The first-order chi connectivity index (χ1) is 16.7. The average Bonchev–Trinajstić information content (AvgIpc) is 3.25. The number of nitrogens with zero attached hydrogens (tertiary/aromatic N) is 1. The van der Waals surface area contributed by atoms with Gasteiger partial charge in [0, 0.05) is 5.56 Å². The van der Waals surface area contributed by atoms with Crippen LogP contribution in [0.25, 0.3) is 17.2 Å². The number of carbonyl (C=O) groups is 1. The van der Waals surface area contributed by atoms with Gasteiger partial charge in [-0.2, -0.15) is 0 Å². The Morgan fingerprint density at radius 3 is 2.15 bits per heavy atom. The molecule has 4 heteroatoms. The van der Waals surface area contributed by atoms with Crippen molar-refractivity contribution in [3.8, 4) is 16.9 Å². The molecule has 0 N–H and O–H groups in total. The Hall–Kier alpha value is -3.66. The highest BCUT2D eigenvalue weighted by Gasteiger charge is 2.24. The van der Waals surface area contributed by atoms with Crippen molar-refractivity contribution in [2.45, 2.75) is 45.4 Å². The lowest BCUT2D eigenvalue weighted by Crippen LogP contribution is -2.05. The number of rotatable bonds is 11. The molecule has 0 fully saturated rings. The van der Waals surface area contributed by atoms with Gasteiger partial charge in [-0.25, -0.2) is 9.79 Å². The van der Waals surface area contributed by atoms with Crippen LogP contribution in [0.4, 0.5) is 0 Å². The zero-order valence-electron chi connectivity index (χ0n) is 19.7. The van der Waals surface area contributed by atoms with Crippen LogP contribution in [0.15, 0.2) is 89.6 Å². The molecule has 0 saturated carbocycles. The van der Waals surface area contributed by atoms with Crippen LogP contribution in [-0.4, -0.2) is 18.5 Å². The Kier molecular flexibility index (Phi) is 8.28. The van der Waals surface area contributed by atoms with Crippen LogP contribution in [0, 0.1) is 0 Å². The topological polar surface area (TPSA) is 47.9 Å². The number of aliphatic imine (C=N–C) groups is 1. The molecule has 0 aromatic heterocycles. The molecule has 0 bridgehead atoms. The highest BCUT2D eigenvalue weighted by atomic mass is 16.6. The van der Waals surface area contributed by atoms with Crippen LogP contribution in [0.1, 0.15) is 56.6 Å². The summed E-state index contributed by atoms with van der Waals surface area (Å²) in [5.41, 5.74) is 4.18. The Labute approximate surface area is 202 Å². The second-order valence-electron chi connectivity index (χ2n) is 8.46. The van der Waals surface area contributed by atoms with Crippen LogP contribution in [0.5, 0.6) is 5.75 Å². The maximum Gasteiger partial charge on any atom is 0.363 e. The van der Waals surface area contributed by atoms with E-state index in [1.54, 1.807) is 6.08 Å². The van der Waals surface area contributed by atoms with E-state index in [-0.39, 0.29) is 0 Å². The maximum atomic E-state index is 12.4. The lowest BCUT2D eigenvalue weighted by molar-refractivity contribution is -0.129. The minimum Gasteiger partial charge on any atom is -0.494 e. The fourth-order valence-corrected chi connectivity index (χ4v) is 3.86. The molecule has 4 rings (SSSR count). The first kappa shape index (κ1) is 23.5. The number of hydrogen-bond acceptors (Lipinski definition) is 4. The van der Waals surface area contributed by atoms with Gasteiger partial charge in [-0.15, -0.1) is 0 Å². The van der Waals surface area contributed by atoms with Crippen molar-refractivity contribution in [1.82, 2.24) is 0 Å². The second kappa shape index (κ2) is 12.0. The molecule has 0 aliphatic carbocycles. The van der Waals surface area contributed by atoms with Crippen molar-refractivity contribution >= 4 is 17.9 Å². The van der Waals surface area contributed by atoms with E-state index in [2.05, 4.69) is 24.0 Å². The lowest BCUT2D eigenvalue weighted by Gasteiger charge is -2.06. The van der Waals surface area contributed by atoms with Gasteiger partial charge in [0.25, 0.3) is 0 Å². The zero-order chi connectivity index (χ0) is 23.6. The number of cyclic esters (lactones) is 1. The number of unbranched alkanes of at least 4 members (excludes halogenated alkanes) is 5. The predicted molar refractivity (Wildman–Crippen MR) is 138 cm³/mol. The quantitative estimate of drug-likeness (QED) is 0.172. The van der Waals surface area contributed by atoms with E-state index in [1.165, 1.54) is 32.1 Å². The standard InChI is InChI=1S/C30H31NO3/c1-2-3-4-5-6-10-21-33-27-19-13-23(14-20-27)22-28-30(32)34-29(31-28)26-17-15-25(16-18-26)24-11-8-7-9-12-24/h7-9,11-20,22H,2-6,10,21H2,1H3/b28-22-. The number of ether oxygens (including phenoxy) is 2. The SMILES string of the molecule is CCCCCCCCOc1ccc(/C=C2\N=C(c3ccc(-c4ccccc4)cc3)OC2=O)cc1. The third-order valence-electron chi connectivity index (χ3n) is 5.81. The van der Waals surface area contributed by atoms with E-state index in [0.717, 1.165) is 41.0 Å². The van der Waals surface area contributed by atoms with Gasteiger partial charge < -0.3 is 9.47 Å². The van der Waals surface area contributed by atoms with E-state index in [4.69, 9.17) is 9.47 Å². The molecule has 0 amide bonds. The summed E-state index contributed by atoms with van der Waals surface area (Å²) in [7, 11) is 0. The predicted octanol–water partition coefficient (Wildman–Crippen LogP) is 7.44. The first-order valence-corrected chi connectivity index (χ1v) is 12.1. The van der Waals surface area contributed by atoms with Crippen molar-refractivity contribution < 1.29 is 14.3 Å². The second-order valence-corrected chi connectivity index (χ2v) is 8.46. The third-order valence-corrected chi connectivity index (χ3v) is 5.81. The molecule has 34 heavy (non-hydrogen) atoms. The van der Waals surface area contributed by atoms with E-state index in [1.807, 2.05) is 66.7 Å². The zero-order valence-corrected chi connectivity index (χ0v) is 19.7. The Balaban J connectivity index is 1.34. The lowest BCUT2D eigenvalue weighted by atomic mass is 10.0. The van der Waals surface area contributed by atoms with Crippen LogP contribution >= 0.6 is 0 Å². The minimum absolute atomic E-state index is 0.294. The molecular weight excluding hydrogens is 422 g/mol. The summed E-state index contributed by atoms with van der Waals surface area (Å²) in [5, 5.41) is 0. The van der Waals surface area contributed by atoms with Crippen LogP contribution < -0.4 is 4.74 Å². The summed E-state index contributed by atoms with van der Waals surface area (Å²) >= 11 is 0. The molecule has 0 saturated heterocycles. The molecule has 3 aromatic carbocycles. The van der Waals surface area contributed by atoms with Gasteiger partial charge in [0.2, 0.25) is 5.90 Å². The highest BCUT2D eigenvalue weighted by Crippen LogP contribution is 2.23.